The number of aliphatic hydroxyl groups is 1. The Hall–Kier alpha value is -3.43. The summed E-state index contributed by atoms with van der Waals surface area (Å²) in [5.74, 6) is -0.779. The van der Waals surface area contributed by atoms with Gasteiger partial charge in [0.1, 0.15) is 11.8 Å². The third-order valence-electron chi connectivity index (χ3n) is 5.93. The molecule has 1 amide bonds. The molecule has 0 saturated carbocycles. The van der Waals surface area contributed by atoms with Gasteiger partial charge in [0, 0.05) is 37.9 Å². The maximum atomic E-state index is 13.1. The Labute approximate surface area is 192 Å². The smallest absolute Gasteiger partial charge is 0.295 e. The SMILES string of the molecule is COc1ccc(/C(O)=C2\C(=O)C(=O)N(CCN3CCOCC3)C2c2ccccn2)cc1OC. The van der Waals surface area contributed by atoms with Crippen LogP contribution in [0.3, 0.4) is 0 Å². The van der Waals surface area contributed by atoms with Crippen LogP contribution in [0.25, 0.3) is 5.76 Å². The van der Waals surface area contributed by atoms with E-state index in [0.717, 1.165) is 13.1 Å². The van der Waals surface area contributed by atoms with Crippen LogP contribution in [0.5, 0.6) is 11.5 Å². The molecule has 2 aromatic rings. The molecule has 2 fully saturated rings. The molecule has 0 radical (unpaired) electrons. The molecule has 0 spiro atoms. The molecule has 4 rings (SSSR count). The Morgan fingerprint density at radius 3 is 2.52 bits per heavy atom. The highest BCUT2D eigenvalue weighted by Crippen LogP contribution is 2.39. The number of carbonyl (C=O) groups excluding carboxylic acids is 2. The van der Waals surface area contributed by atoms with Gasteiger partial charge < -0.3 is 24.2 Å². The third kappa shape index (κ3) is 4.55. The summed E-state index contributed by atoms with van der Waals surface area (Å²) < 4.78 is 16.0. The van der Waals surface area contributed by atoms with Gasteiger partial charge in [0.2, 0.25) is 0 Å². The van der Waals surface area contributed by atoms with Crippen LogP contribution in [-0.4, -0.2) is 85.2 Å². The minimum Gasteiger partial charge on any atom is -0.507 e. The first kappa shape index (κ1) is 22.8. The average Bonchev–Trinajstić information content (AvgIpc) is 3.12. The molecule has 3 heterocycles. The van der Waals surface area contributed by atoms with E-state index in [2.05, 4.69) is 9.88 Å². The minimum absolute atomic E-state index is 0.00731. The van der Waals surface area contributed by atoms with Crippen molar-refractivity contribution in [3.8, 4) is 11.5 Å². The molecular formula is C24H27N3O6. The number of likely N-dealkylation sites (tertiary alicyclic amines) is 1. The fourth-order valence-electron chi connectivity index (χ4n) is 4.17. The number of hydrogen-bond donors (Lipinski definition) is 1. The van der Waals surface area contributed by atoms with Gasteiger partial charge in [-0.1, -0.05) is 6.07 Å². The molecule has 2 aliphatic rings. The maximum Gasteiger partial charge on any atom is 0.295 e. The summed E-state index contributed by atoms with van der Waals surface area (Å²) in [5.41, 5.74) is 0.869. The lowest BCUT2D eigenvalue weighted by molar-refractivity contribution is -0.140. The number of ketones is 1. The Bertz CT molecular complexity index is 1050. The lowest BCUT2D eigenvalue weighted by atomic mass is 9.98. The van der Waals surface area contributed by atoms with Crippen LogP contribution in [0, 0.1) is 0 Å². The summed E-state index contributed by atoms with van der Waals surface area (Å²) in [7, 11) is 3.00. The average molecular weight is 453 g/mol. The zero-order valence-corrected chi connectivity index (χ0v) is 18.7. The number of ether oxygens (including phenoxy) is 3. The van der Waals surface area contributed by atoms with Crippen molar-refractivity contribution in [2.75, 3.05) is 53.6 Å². The second-order valence-corrected chi connectivity index (χ2v) is 7.77. The van der Waals surface area contributed by atoms with E-state index < -0.39 is 17.7 Å². The van der Waals surface area contributed by atoms with Crippen LogP contribution in [-0.2, 0) is 14.3 Å². The van der Waals surface area contributed by atoms with Gasteiger partial charge in [-0.15, -0.1) is 0 Å². The molecule has 9 nitrogen and oxygen atoms in total. The molecule has 9 heteroatoms. The molecule has 2 saturated heterocycles. The number of Topliss-reactive ketones (excluding diaryl/α,β-unsaturated/α-hetero) is 1. The summed E-state index contributed by atoms with van der Waals surface area (Å²) >= 11 is 0. The van der Waals surface area contributed by atoms with E-state index in [1.54, 1.807) is 42.6 Å². The third-order valence-corrected chi connectivity index (χ3v) is 5.93. The number of amides is 1. The molecule has 33 heavy (non-hydrogen) atoms. The summed E-state index contributed by atoms with van der Waals surface area (Å²) in [5, 5.41) is 11.2. The number of methoxy groups -OCH3 is 2. The molecule has 1 atom stereocenters. The standard InChI is InChI=1S/C24H27N3O6/c1-31-18-7-6-16(15-19(18)32-2)22(28)20-21(17-5-3-4-8-25-17)27(24(30)23(20)29)10-9-26-11-13-33-14-12-26/h3-8,15,21,28H,9-14H2,1-2H3/b22-20+. The fourth-order valence-corrected chi connectivity index (χ4v) is 4.17. The molecule has 174 valence electrons. The Morgan fingerprint density at radius 2 is 1.85 bits per heavy atom. The van der Waals surface area contributed by atoms with Crippen molar-refractivity contribution >= 4 is 17.4 Å². The van der Waals surface area contributed by atoms with Gasteiger partial charge in [-0.05, 0) is 30.3 Å². The van der Waals surface area contributed by atoms with E-state index in [1.807, 2.05) is 0 Å². The highest BCUT2D eigenvalue weighted by atomic mass is 16.5. The van der Waals surface area contributed by atoms with Crippen LogP contribution in [0.1, 0.15) is 17.3 Å². The van der Waals surface area contributed by atoms with E-state index >= 15 is 0 Å². The first-order valence-electron chi connectivity index (χ1n) is 10.8. The lowest BCUT2D eigenvalue weighted by Gasteiger charge is -2.30. The number of carbonyl (C=O) groups is 2. The highest BCUT2D eigenvalue weighted by molar-refractivity contribution is 6.46. The summed E-state index contributed by atoms with van der Waals surface area (Å²) in [6.45, 7) is 3.74. The lowest BCUT2D eigenvalue weighted by Crippen LogP contribution is -2.42. The molecule has 0 aliphatic carbocycles. The molecule has 1 unspecified atom stereocenters. The Kier molecular flexibility index (Phi) is 6.90. The molecule has 1 N–H and O–H groups in total. The van der Waals surface area contributed by atoms with Gasteiger partial charge in [0.15, 0.2) is 11.5 Å². The quantitative estimate of drug-likeness (QED) is 0.385. The van der Waals surface area contributed by atoms with Gasteiger partial charge in [0.25, 0.3) is 11.7 Å². The number of morpholine rings is 1. The predicted octanol–water partition coefficient (Wildman–Crippen LogP) is 1.85. The van der Waals surface area contributed by atoms with Crippen molar-refractivity contribution in [3.05, 3.63) is 59.4 Å². The topological polar surface area (TPSA) is 101 Å². The molecular weight excluding hydrogens is 426 g/mol. The number of aromatic nitrogens is 1. The van der Waals surface area contributed by atoms with Crippen LogP contribution in [0.4, 0.5) is 0 Å². The number of aliphatic hydroxyl groups excluding tert-OH is 1. The zero-order chi connectivity index (χ0) is 23.4. The van der Waals surface area contributed by atoms with E-state index in [0.29, 0.717) is 49.1 Å². The number of benzene rings is 1. The first-order valence-corrected chi connectivity index (χ1v) is 10.8. The van der Waals surface area contributed by atoms with Crippen LogP contribution < -0.4 is 9.47 Å². The molecule has 1 aromatic carbocycles. The van der Waals surface area contributed by atoms with Gasteiger partial charge in [0.05, 0.1) is 38.7 Å². The minimum atomic E-state index is -0.791. The number of hydrogen-bond acceptors (Lipinski definition) is 8. The van der Waals surface area contributed by atoms with Gasteiger partial charge >= 0.3 is 0 Å². The van der Waals surface area contributed by atoms with Gasteiger partial charge in [-0.25, -0.2) is 0 Å². The summed E-state index contributed by atoms with van der Waals surface area (Å²) in [4.78, 5) is 34.2. The second kappa shape index (κ2) is 10.0. The summed E-state index contributed by atoms with van der Waals surface area (Å²) in [6.07, 6.45) is 1.60. The number of nitrogens with zero attached hydrogens (tertiary/aromatic N) is 3. The van der Waals surface area contributed by atoms with E-state index in [1.165, 1.54) is 19.1 Å². The zero-order valence-electron chi connectivity index (χ0n) is 18.7. The highest BCUT2D eigenvalue weighted by Gasteiger charge is 2.46. The van der Waals surface area contributed by atoms with E-state index in [-0.39, 0.29) is 11.3 Å². The first-order chi connectivity index (χ1) is 16.0. The monoisotopic (exact) mass is 453 g/mol. The fraction of sp³-hybridized carbons (Fsp3) is 0.375. The molecule has 0 bridgehead atoms. The predicted molar refractivity (Wildman–Crippen MR) is 120 cm³/mol. The van der Waals surface area contributed by atoms with Crippen LogP contribution in [0.15, 0.2) is 48.2 Å². The molecule has 1 aromatic heterocycles. The van der Waals surface area contributed by atoms with Crippen LogP contribution in [0.2, 0.25) is 0 Å². The van der Waals surface area contributed by atoms with E-state index in [9.17, 15) is 14.7 Å². The number of rotatable bonds is 7. The second-order valence-electron chi connectivity index (χ2n) is 7.77. The van der Waals surface area contributed by atoms with Gasteiger partial charge in [-0.2, -0.15) is 0 Å². The molecule has 2 aliphatic heterocycles. The Morgan fingerprint density at radius 1 is 1.09 bits per heavy atom. The van der Waals surface area contributed by atoms with E-state index in [4.69, 9.17) is 14.2 Å². The number of pyridine rings is 1. The normalized spacial score (nSPS) is 20.8. The van der Waals surface area contributed by atoms with Crippen molar-refractivity contribution in [1.82, 2.24) is 14.8 Å². The maximum absolute atomic E-state index is 13.1. The largest absolute Gasteiger partial charge is 0.507 e. The van der Waals surface area contributed by atoms with Gasteiger partial charge in [-0.3, -0.25) is 19.5 Å². The summed E-state index contributed by atoms with van der Waals surface area (Å²) in [6, 6.07) is 9.34. The van der Waals surface area contributed by atoms with Crippen molar-refractivity contribution in [3.63, 3.8) is 0 Å². The van der Waals surface area contributed by atoms with Crippen molar-refractivity contribution in [1.29, 1.82) is 0 Å². The Balaban J connectivity index is 1.73. The van der Waals surface area contributed by atoms with Crippen LogP contribution >= 0.6 is 0 Å². The van der Waals surface area contributed by atoms with Crippen molar-refractivity contribution in [2.45, 2.75) is 6.04 Å². The van der Waals surface area contributed by atoms with Crippen molar-refractivity contribution < 1.29 is 28.9 Å². The van der Waals surface area contributed by atoms with Crippen molar-refractivity contribution in [2.24, 2.45) is 0 Å².